The molecule has 0 spiro atoms. The van der Waals surface area contributed by atoms with Gasteiger partial charge in [0.25, 0.3) is 0 Å². The van der Waals surface area contributed by atoms with Gasteiger partial charge in [-0.1, -0.05) is 19.1 Å². The van der Waals surface area contributed by atoms with Crippen molar-refractivity contribution in [3.05, 3.63) is 42.0 Å². The molecule has 1 rings (SSSR count). The number of hydrogen-bond donors (Lipinski definition) is 0. The summed E-state index contributed by atoms with van der Waals surface area (Å²) in [5.41, 5.74) is 1.93. The Morgan fingerprint density at radius 1 is 1.22 bits per heavy atom. The Morgan fingerprint density at radius 2 is 2.00 bits per heavy atom. The lowest BCUT2D eigenvalue weighted by Gasteiger charge is -2.13. The fourth-order valence-corrected chi connectivity index (χ4v) is 1.99. The standard InChI is InChI=1S/C18H24O5/c1-5-14(8-7-9-18(19)22-6-2)16-12-15(23-13-20-3)10-11-17(16)21-4/h7-12H,5-6,13H2,1-4H3. The third-order valence-electron chi connectivity index (χ3n) is 3.06. The van der Waals surface area contributed by atoms with Crippen molar-refractivity contribution in [3.8, 4) is 11.5 Å². The van der Waals surface area contributed by atoms with Crippen molar-refractivity contribution in [2.75, 3.05) is 27.6 Å². The van der Waals surface area contributed by atoms with Crippen LogP contribution in [0.2, 0.25) is 0 Å². The van der Waals surface area contributed by atoms with Gasteiger partial charge in [0.15, 0.2) is 6.79 Å². The maximum Gasteiger partial charge on any atom is 0.330 e. The molecule has 0 unspecified atom stereocenters. The summed E-state index contributed by atoms with van der Waals surface area (Å²) >= 11 is 0. The molecule has 0 fully saturated rings. The van der Waals surface area contributed by atoms with E-state index < -0.39 is 0 Å². The van der Waals surface area contributed by atoms with Crippen molar-refractivity contribution in [1.82, 2.24) is 0 Å². The molecule has 1 aromatic carbocycles. The molecule has 126 valence electrons. The van der Waals surface area contributed by atoms with E-state index in [9.17, 15) is 4.79 Å². The Morgan fingerprint density at radius 3 is 2.61 bits per heavy atom. The molecule has 0 aromatic heterocycles. The van der Waals surface area contributed by atoms with Gasteiger partial charge in [-0.2, -0.15) is 0 Å². The molecule has 0 aliphatic carbocycles. The molecule has 0 bridgehead atoms. The smallest absolute Gasteiger partial charge is 0.330 e. The van der Waals surface area contributed by atoms with Crippen LogP contribution in [0.1, 0.15) is 25.8 Å². The van der Waals surface area contributed by atoms with Crippen molar-refractivity contribution in [2.45, 2.75) is 20.3 Å². The van der Waals surface area contributed by atoms with Crippen LogP contribution in [0.15, 0.2) is 36.4 Å². The van der Waals surface area contributed by atoms with E-state index in [1.807, 2.05) is 31.2 Å². The van der Waals surface area contributed by atoms with Crippen LogP contribution in [0.25, 0.3) is 5.57 Å². The maximum absolute atomic E-state index is 11.3. The van der Waals surface area contributed by atoms with Crippen LogP contribution in [-0.2, 0) is 14.3 Å². The normalized spacial score (nSPS) is 11.6. The van der Waals surface area contributed by atoms with Gasteiger partial charge in [-0.25, -0.2) is 4.79 Å². The highest BCUT2D eigenvalue weighted by atomic mass is 16.7. The Balaban J connectivity index is 3.04. The number of rotatable bonds is 9. The topological polar surface area (TPSA) is 54.0 Å². The Bertz CT molecular complexity index is 561. The van der Waals surface area contributed by atoms with E-state index in [1.165, 1.54) is 6.08 Å². The van der Waals surface area contributed by atoms with Crippen LogP contribution in [0.3, 0.4) is 0 Å². The van der Waals surface area contributed by atoms with Crippen LogP contribution in [0.4, 0.5) is 0 Å². The minimum atomic E-state index is -0.358. The molecule has 0 atom stereocenters. The lowest BCUT2D eigenvalue weighted by Crippen LogP contribution is -2.00. The van der Waals surface area contributed by atoms with E-state index in [4.69, 9.17) is 18.9 Å². The molecule has 23 heavy (non-hydrogen) atoms. The Labute approximate surface area is 137 Å². The summed E-state index contributed by atoms with van der Waals surface area (Å²) in [5, 5.41) is 0. The van der Waals surface area contributed by atoms with E-state index in [2.05, 4.69) is 0 Å². The van der Waals surface area contributed by atoms with Gasteiger partial charge in [0, 0.05) is 18.7 Å². The summed E-state index contributed by atoms with van der Waals surface area (Å²) in [4.78, 5) is 11.3. The average Bonchev–Trinajstić information content (AvgIpc) is 2.57. The third kappa shape index (κ3) is 6.16. The summed E-state index contributed by atoms with van der Waals surface area (Å²) in [6.45, 7) is 4.35. The van der Waals surface area contributed by atoms with E-state index in [0.717, 1.165) is 23.3 Å². The van der Waals surface area contributed by atoms with E-state index >= 15 is 0 Å². The minimum absolute atomic E-state index is 0.180. The molecular formula is C18H24O5. The van der Waals surface area contributed by atoms with Crippen LogP contribution in [0, 0.1) is 0 Å². The third-order valence-corrected chi connectivity index (χ3v) is 3.06. The highest BCUT2D eigenvalue weighted by Crippen LogP contribution is 2.31. The van der Waals surface area contributed by atoms with Gasteiger partial charge in [-0.3, -0.25) is 0 Å². The number of ether oxygens (including phenoxy) is 4. The van der Waals surface area contributed by atoms with Crippen LogP contribution in [0.5, 0.6) is 11.5 Å². The van der Waals surface area contributed by atoms with Crippen molar-refractivity contribution in [1.29, 1.82) is 0 Å². The van der Waals surface area contributed by atoms with Crippen molar-refractivity contribution in [2.24, 2.45) is 0 Å². The molecule has 5 nitrogen and oxygen atoms in total. The SMILES string of the molecule is CCOC(=O)C=CC=C(CC)c1cc(OCOC)ccc1OC. The summed E-state index contributed by atoms with van der Waals surface area (Å²) in [7, 11) is 3.19. The molecule has 0 saturated carbocycles. The number of carbonyl (C=O) groups is 1. The first-order valence-electron chi connectivity index (χ1n) is 7.50. The number of allylic oxidation sites excluding steroid dienone is 3. The van der Waals surface area contributed by atoms with Crippen molar-refractivity contribution < 1.29 is 23.7 Å². The molecule has 0 radical (unpaired) electrons. The molecule has 0 amide bonds. The summed E-state index contributed by atoms with van der Waals surface area (Å²) in [5.74, 6) is 1.08. The van der Waals surface area contributed by atoms with Gasteiger partial charge < -0.3 is 18.9 Å². The lowest BCUT2D eigenvalue weighted by molar-refractivity contribution is -0.137. The second-order valence-electron chi connectivity index (χ2n) is 4.57. The lowest BCUT2D eigenvalue weighted by atomic mass is 10.0. The summed E-state index contributed by atoms with van der Waals surface area (Å²) in [6, 6.07) is 5.56. The van der Waals surface area contributed by atoms with Gasteiger partial charge in [0.1, 0.15) is 11.5 Å². The molecule has 0 aliphatic rings. The summed E-state index contributed by atoms with van der Waals surface area (Å²) in [6.07, 6.45) is 5.72. The van der Waals surface area contributed by atoms with E-state index in [0.29, 0.717) is 12.4 Å². The summed E-state index contributed by atoms with van der Waals surface area (Å²) < 4.78 is 20.6. The molecule has 0 heterocycles. The number of carbonyl (C=O) groups excluding carboxylic acids is 1. The van der Waals surface area contributed by atoms with Crippen molar-refractivity contribution >= 4 is 11.5 Å². The Hall–Kier alpha value is -2.27. The number of hydrogen-bond acceptors (Lipinski definition) is 5. The van der Waals surface area contributed by atoms with Gasteiger partial charge in [0.05, 0.1) is 13.7 Å². The van der Waals surface area contributed by atoms with Crippen LogP contribution in [-0.4, -0.2) is 33.6 Å². The number of methoxy groups -OCH3 is 2. The van der Waals surface area contributed by atoms with Crippen LogP contribution >= 0.6 is 0 Å². The number of esters is 1. The van der Waals surface area contributed by atoms with E-state index in [1.54, 1.807) is 27.2 Å². The minimum Gasteiger partial charge on any atom is -0.496 e. The second-order valence-corrected chi connectivity index (χ2v) is 4.57. The van der Waals surface area contributed by atoms with Gasteiger partial charge in [-0.05, 0) is 37.1 Å². The fraction of sp³-hybridized carbons (Fsp3) is 0.389. The molecule has 0 N–H and O–H groups in total. The Kier molecular flexibility index (Phi) is 8.54. The first-order valence-corrected chi connectivity index (χ1v) is 7.50. The highest BCUT2D eigenvalue weighted by Gasteiger charge is 2.09. The first kappa shape index (κ1) is 18.8. The van der Waals surface area contributed by atoms with Crippen molar-refractivity contribution in [3.63, 3.8) is 0 Å². The zero-order valence-corrected chi connectivity index (χ0v) is 14.1. The molecule has 1 aromatic rings. The van der Waals surface area contributed by atoms with Gasteiger partial charge >= 0.3 is 5.97 Å². The number of benzene rings is 1. The van der Waals surface area contributed by atoms with Crippen LogP contribution < -0.4 is 9.47 Å². The van der Waals surface area contributed by atoms with Gasteiger partial charge in [0.2, 0.25) is 0 Å². The average molecular weight is 320 g/mol. The maximum atomic E-state index is 11.3. The molecular weight excluding hydrogens is 296 g/mol. The molecule has 0 saturated heterocycles. The highest BCUT2D eigenvalue weighted by molar-refractivity contribution is 5.83. The molecule has 5 heteroatoms. The quantitative estimate of drug-likeness (QED) is 0.301. The predicted octanol–water partition coefficient (Wildman–Crippen LogP) is 3.59. The van der Waals surface area contributed by atoms with Gasteiger partial charge in [-0.15, -0.1) is 0 Å². The molecule has 0 aliphatic heterocycles. The second kappa shape index (κ2) is 10.5. The fourth-order valence-electron chi connectivity index (χ4n) is 1.99. The monoisotopic (exact) mass is 320 g/mol. The zero-order valence-electron chi connectivity index (χ0n) is 14.1. The van der Waals surface area contributed by atoms with E-state index in [-0.39, 0.29) is 12.8 Å². The zero-order chi connectivity index (χ0) is 17.1. The largest absolute Gasteiger partial charge is 0.496 e. The first-order chi connectivity index (χ1) is 11.2. The predicted molar refractivity (Wildman–Crippen MR) is 89.5 cm³/mol.